The molecule has 3 aromatic rings. The van der Waals surface area contributed by atoms with Crippen molar-refractivity contribution in [2.75, 3.05) is 17.4 Å². The molecule has 1 unspecified atom stereocenters. The third-order valence-electron chi connectivity index (χ3n) is 5.80. The van der Waals surface area contributed by atoms with Crippen LogP contribution in [0.3, 0.4) is 0 Å². The van der Waals surface area contributed by atoms with Gasteiger partial charge in [-0.2, -0.15) is 0 Å². The van der Waals surface area contributed by atoms with Crippen LogP contribution in [0.2, 0.25) is 5.02 Å². The standard InChI is InChI=1S/C27H29BrClN3O4S/c1-4-30-27(34)20(3)31(17-21-8-5-6-11-25(21)29)26(33)18-32(23-10-7-9-22(28)16-23)37(35,36)24-14-12-19(2)13-15-24/h5-16,20H,4,17-18H2,1-3H3,(H,30,34). The molecule has 1 N–H and O–H groups in total. The number of benzene rings is 3. The van der Waals surface area contributed by atoms with Crippen molar-refractivity contribution in [2.24, 2.45) is 0 Å². The van der Waals surface area contributed by atoms with E-state index in [1.807, 2.05) is 6.92 Å². The number of nitrogens with one attached hydrogen (secondary N) is 1. The highest BCUT2D eigenvalue weighted by Crippen LogP contribution is 2.27. The first-order chi connectivity index (χ1) is 17.5. The van der Waals surface area contributed by atoms with E-state index in [0.29, 0.717) is 27.3 Å². The summed E-state index contributed by atoms with van der Waals surface area (Å²) in [6, 6.07) is 19.3. The average Bonchev–Trinajstić information content (AvgIpc) is 2.86. The lowest BCUT2D eigenvalue weighted by atomic mass is 10.1. The third kappa shape index (κ3) is 7.12. The number of nitrogens with zero attached hydrogens (tertiary/aromatic N) is 2. The van der Waals surface area contributed by atoms with Crippen molar-refractivity contribution in [1.29, 1.82) is 0 Å². The quantitative estimate of drug-likeness (QED) is 0.346. The van der Waals surface area contributed by atoms with E-state index >= 15 is 0 Å². The molecule has 0 heterocycles. The Hall–Kier alpha value is -2.88. The number of sulfonamides is 1. The van der Waals surface area contributed by atoms with Gasteiger partial charge in [0.25, 0.3) is 10.0 Å². The predicted octanol–water partition coefficient (Wildman–Crippen LogP) is 5.16. The van der Waals surface area contributed by atoms with Crippen molar-refractivity contribution < 1.29 is 18.0 Å². The molecule has 0 aliphatic heterocycles. The fourth-order valence-corrected chi connectivity index (χ4v) is 5.70. The Labute approximate surface area is 231 Å². The van der Waals surface area contributed by atoms with Gasteiger partial charge >= 0.3 is 0 Å². The maximum Gasteiger partial charge on any atom is 0.264 e. The van der Waals surface area contributed by atoms with Gasteiger partial charge in [-0.15, -0.1) is 0 Å². The lowest BCUT2D eigenvalue weighted by molar-refractivity contribution is -0.139. The summed E-state index contributed by atoms with van der Waals surface area (Å²) in [5.41, 5.74) is 1.86. The van der Waals surface area contributed by atoms with E-state index in [9.17, 15) is 18.0 Å². The Kier molecular flexibility index (Phi) is 9.75. The minimum absolute atomic E-state index is 0.0354. The van der Waals surface area contributed by atoms with Crippen LogP contribution in [0.15, 0.2) is 82.2 Å². The smallest absolute Gasteiger partial charge is 0.264 e. The molecule has 37 heavy (non-hydrogen) atoms. The van der Waals surface area contributed by atoms with Crippen LogP contribution in [0, 0.1) is 6.92 Å². The average molecular weight is 607 g/mol. The summed E-state index contributed by atoms with van der Waals surface area (Å²) in [6.07, 6.45) is 0. The van der Waals surface area contributed by atoms with Gasteiger partial charge in [-0.3, -0.25) is 13.9 Å². The van der Waals surface area contributed by atoms with Gasteiger partial charge in [0, 0.05) is 22.6 Å². The van der Waals surface area contributed by atoms with Crippen molar-refractivity contribution in [3.63, 3.8) is 0 Å². The number of halogens is 2. The van der Waals surface area contributed by atoms with Crippen molar-refractivity contribution >= 4 is 55.1 Å². The number of carbonyl (C=O) groups excluding carboxylic acids is 2. The molecule has 3 rings (SSSR count). The van der Waals surface area contributed by atoms with E-state index in [0.717, 1.165) is 9.87 Å². The molecule has 0 aliphatic carbocycles. The van der Waals surface area contributed by atoms with E-state index < -0.39 is 28.5 Å². The van der Waals surface area contributed by atoms with Crippen LogP contribution in [-0.2, 0) is 26.2 Å². The number of anilines is 1. The molecular formula is C27H29BrClN3O4S. The summed E-state index contributed by atoms with van der Waals surface area (Å²) < 4.78 is 29.3. The number of hydrogen-bond donors (Lipinski definition) is 1. The van der Waals surface area contributed by atoms with Crippen LogP contribution < -0.4 is 9.62 Å². The zero-order valence-electron chi connectivity index (χ0n) is 20.8. The van der Waals surface area contributed by atoms with Gasteiger partial charge in [0.15, 0.2) is 0 Å². The number of amides is 2. The van der Waals surface area contributed by atoms with Gasteiger partial charge < -0.3 is 10.2 Å². The highest BCUT2D eigenvalue weighted by atomic mass is 79.9. The van der Waals surface area contributed by atoms with Crippen molar-refractivity contribution in [3.05, 3.63) is 93.4 Å². The molecular weight excluding hydrogens is 578 g/mol. The number of aryl methyl sites for hydroxylation is 1. The van der Waals surface area contributed by atoms with Crippen LogP contribution in [0.5, 0.6) is 0 Å². The first kappa shape index (κ1) is 28.7. The highest BCUT2D eigenvalue weighted by molar-refractivity contribution is 9.10. The largest absolute Gasteiger partial charge is 0.355 e. The summed E-state index contributed by atoms with van der Waals surface area (Å²) in [5, 5.41) is 3.18. The van der Waals surface area contributed by atoms with Crippen molar-refractivity contribution in [2.45, 2.75) is 38.3 Å². The second-order valence-corrected chi connectivity index (χ2v) is 11.7. The maximum absolute atomic E-state index is 13.8. The van der Waals surface area contributed by atoms with Gasteiger partial charge in [0.05, 0.1) is 10.6 Å². The van der Waals surface area contributed by atoms with Crippen LogP contribution in [0.25, 0.3) is 0 Å². The van der Waals surface area contributed by atoms with Crippen LogP contribution >= 0.6 is 27.5 Å². The molecule has 0 aliphatic rings. The van der Waals surface area contributed by atoms with Crippen LogP contribution in [0.4, 0.5) is 5.69 Å². The lowest BCUT2D eigenvalue weighted by Crippen LogP contribution is -2.51. The molecule has 10 heteroatoms. The molecule has 1 atom stereocenters. The highest BCUT2D eigenvalue weighted by Gasteiger charge is 2.32. The zero-order valence-corrected chi connectivity index (χ0v) is 24.0. The van der Waals surface area contributed by atoms with Crippen LogP contribution in [0.1, 0.15) is 25.0 Å². The summed E-state index contributed by atoms with van der Waals surface area (Å²) in [6.45, 7) is 5.17. The molecule has 0 fully saturated rings. The summed E-state index contributed by atoms with van der Waals surface area (Å²) in [4.78, 5) is 27.9. The van der Waals surface area contributed by atoms with Gasteiger partial charge in [0.2, 0.25) is 11.8 Å². The topological polar surface area (TPSA) is 86.8 Å². The first-order valence-corrected chi connectivity index (χ1v) is 14.3. The maximum atomic E-state index is 13.8. The molecule has 0 spiro atoms. The monoisotopic (exact) mass is 605 g/mol. The van der Waals surface area contributed by atoms with E-state index in [4.69, 9.17) is 11.6 Å². The molecule has 196 valence electrons. The van der Waals surface area contributed by atoms with Gasteiger partial charge in [-0.05, 0) is 62.7 Å². The van der Waals surface area contributed by atoms with Crippen molar-refractivity contribution in [1.82, 2.24) is 10.2 Å². The normalized spacial score (nSPS) is 12.0. The Balaban J connectivity index is 2.04. The van der Waals surface area contributed by atoms with Crippen LogP contribution in [-0.4, -0.2) is 44.3 Å². The Bertz CT molecular complexity index is 1370. The fraction of sp³-hybridized carbons (Fsp3) is 0.259. The molecule has 0 saturated carbocycles. The van der Waals surface area contributed by atoms with E-state index in [-0.39, 0.29) is 17.3 Å². The van der Waals surface area contributed by atoms with E-state index in [1.165, 1.54) is 17.0 Å². The van der Waals surface area contributed by atoms with Gasteiger partial charge in [-0.25, -0.2) is 8.42 Å². The molecule has 0 bridgehead atoms. The van der Waals surface area contributed by atoms with Gasteiger partial charge in [0.1, 0.15) is 12.6 Å². The second kappa shape index (κ2) is 12.6. The fourth-order valence-electron chi connectivity index (χ4n) is 3.71. The minimum Gasteiger partial charge on any atom is -0.355 e. The zero-order chi connectivity index (χ0) is 27.2. The third-order valence-corrected chi connectivity index (χ3v) is 8.45. The summed E-state index contributed by atoms with van der Waals surface area (Å²) in [5.74, 6) is -0.896. The molecule has 2 amide bonds. The number of likely N-dealkylation sites (N-methyl/N-ethyl adjacent to an activating group) is 1. The first-order valence-electron chi connectivity index (χ1n) is 11.7. The van der Waals surface area contributed by atoms with E-state index in [1.54, 1.807) is 74.5 Å². The molecule has 7 nitrogen and oxygen atoms in total. The lowest BCUT2D eigenvalue weighted by Gasteiger charge is -2.32. The number of rotatable bonds is 10. The second-order valence-electron chi connectivity index (χ2n) is 8.49. The van der Waals surface area contributed by atoms with E-state index in [2.05, 4.69) is 21.2 Å². The molecule has 0 saturated heterocycles. The SMILES string of the molecule is CCNC(=O)C(C)N(Cc1ccccc1Cl)C(=O)CN(c1cccc(Br)c1)S(=O)(=O)c1ccc(C)cc1. The van der Waals surface area contributed by atoms with Gasteiger partial charge in [-0.1, -0.05) is 69.5 Å². The predicted molar refractivity (Wildman–Crippen MR) is 150 cm³/mol. The number of carbonyl (C=O) groups is 2. The molecule has 0 radical (unpaired) electrons. The molecule has 3 aromatic carbocycles. The Morgan fingerprint density at radius 3 is 2.32 bits per heavy atom. The Morgan fingerprint density at radius 1 is 1.03 bits per heavy atom. The minimum atomic E-state index is -4.12. The number of hydrogen-bond acceptors (Lipinski definition) is 4. The summed E-state index contributed by atoms with van der Waals surface area (Å²) >= 11 is 9.74. The van der Waals surface area contributed by atoms with Crippen molar-refractivity contribution in [3.8, 4) is 0 Å². The summed E-state index contributed by atoms with van der Waals surface area (Å²) in [7, 11) is -4.12. The molecule has 0 aromatic heterocycles. The Morgan fingerprint density at radius 2 is 1.70 bits per heavy atom.